The van der Waals surface area contributed by atoms with Gasteiger partial charge in [-0.2, -0.15) is 26.3 Å². The van der Waals surface area contributed by atoms with E-state index < -0.39 is 218 Å². The number of fused-ring (bicyclic) bond motifs is 5. The van der Waals surface area contributed by atoms with Crippen LogP contribution in [0, 0.1) is 53.3 Å². The number of morpholine rings is 1. The average molecular weight is 1540 g/mol. The van der Waals surface area contributed by atoms with Crippen LogP contribution >= 0.6 is 0 Å². The quantitative estimate of drug-likeness (QED) is 0.183. The second-order valence-electron chi connectivity index (χ2n) is 33.5. The Balaban J connectivity index is 1.09. The van der Waals surface area contributed by atoms with Crippen molar-refractivity contribution in [1.82, 2.24) is 60.0 Å². The van der Waals surface area contributed by atoms with Crippen molar-refractivity contribution < 1.29 is 92.6 Å². The van der Waals surface area contributed by atoms with Gasteiger partial charge in [-0.25, -0.2) is 8.78 Å². The van der Waals surface area contributed by atoms with Crippen molar-refractivity contribution in [2.24, 2.45) is 53.3 Å². The van der Waals surface area contributed by atoms with Gasteiger partial charge in [-0.05, 0) is 157 Å². The van der Waals surface area contributed by atoms with Crippen LogP contribution < -0.4 is 16.0 Å². The molecule has 2 bridgehead atoms. The molecule has 5 saturated carbocycles. The smallest absolute Gasteiger partial charge is 0.378 e. The Morgan fingerprint density at radius 3 is 1.83 bits per heavy atom. The number of likely N-dealkylation sites (N-methyl/N-ethyl adjacent to an activating group) is 6. The highest BCUT2D eigenvalue weighted by Gasteiger charge is 2.61. The molecule has 5 aliphatic carbocycles. The Kier molecular flexibility index (Phi) is 28.8. The van der Waals surface area contributed by atoms with Crippen LogP contribution in [0.15, 0.2) is 0 Å². The van der Waals surface area contributed by atoms with Crippen LogP contribution in [0.3, 0.4) is 0 Å². The molecule has 4 aliphatic heterocycles. The molecule has 0 aromatic carbocycles. The van der Waals surface area contributed by atoms with Crippen LogP contribution in [0.4, 0.5) is 35.1 Å². The molecule has 9 rings (SSSR count). The van der Waals surface area contributed by atoms with Gasteiger partial charge in [0.25, 0.3) is 0 Å². The number of halogens is 8. The minimum atomic E-state index is -5.19. The first-order valence-corrected chi connectivity index (χ1v) is 39.7. The molecule has 24 nitrogen and oxygen atoms in total. The second-order valence-corrected chi connectivity index (χ2v) is 33.5. The fourth-order valence-corrected chi connectivity index (χ4v) is 18.5. The fraction of sp³-hybridized carbons (Fsp3) is 0.855. The minimum Gasteiger partial charge on any atom is -0.378 e. The average Bonchev–Trinajstić information content (AvgIpc) is 1.48. The lowest BCUT2D eigenvalue weighted by molar-refractivity contribution is -0.219. The summed E-state index contributed by atoms with van der Waals surface area (Å²) in [6.07, 6.45) is -11.9. The Morgan fingerprint density at radius 1 is 0.611 bits per heavy atom. The number of amides is 11. The highest BCUT2D eigenvalue weighted by atomic mass is 19.4. The fourth-order valence-electron chi connectivity index (χ4n) is 18.5. The Bertz CT molecular complexity index is 3190. The van der Waals surface area contributed by atoms with E-state index >= 15 is 47.1 Å². The molecular weight excluding hydrogens is 1420 g/mol. The van der Waals surface area contributed by atoms with Gasteiger partial charge >= 0.3 is 12.4 Å². The number of carbonyl (C=O) groups is 11. The highest BCUT2D eigenvalue weighted by molar-refractivity contribution is 6.00. The van der Waals surface area contributed by atoms with Gasteiger partial charge in [-0.1, -0.05) is 59.8 Å². The summed E-state index contributed by atoms with van der Waals surface area (Å²) in [6.45, 7) is 7.18. The van der Waals surface area contributed by atoms with Crippen LogP contribution in [0.1, 0.15) is 182 Å². The summed E-state index contributed by atoms with van der Waals surface area (Å²) in [4.78, 5) is 179. The molecule has 9 fully saturated rings. The van der Waals surface area contributed by atoms with Crippen molar-refractivity contribution in [3.8, 4) is 0 Å². The minimum absolute atomic E-state index is 0.00173. The number of piperidine rings is 1. The number of hydrogen-bond donors (Lipinski definition) is 3. The lowest BCUT2D eigenvalue weighted by Crippen LogP contribution is -2.68. The maximum absolute atomic E-state index is 15.7. The zero-order chi connectivity index (χ0) is 79.2. The molecule has 11 amide bonds. The molecule has 4 saturated heterocycles. The van der Waals surface area contributed by atoms with Crippen LogP contribution in [0.5, 0.6) is 0 Å². The van der Waals surface area contributed by atoms with Gasteiger partial charge in [-0.15, -0.1) is 0 Å². The molecule has 13 atom stereocenters. The third-order valence-corrected chi connectivity index (χ3v) is 25.7. The monoisotopic (exact) mass is 1540 g/mol. The van der Waals surface area contributed by atoms with Crippen LogP contribution in [-0.2, 0) is 57.5 Å². The van der Waals surface area contributed by atoms with Crippen molar-refractivity contribution in [2.75, 3.05) is 101 Å². The topological polar surface area (TPSA) is 262 Å². The number of carbonyl (C=O) groups excluding carboxylic acids is 11. The van der Waals surface area contributed by atoms with Gasteiger partial charge < -0.3 is 64.8 Å². The van der Waals surface area contributed by atoms with Crippen molar-refractivity contribution in [1.29, 1.82) is 0 Å². The molecule has 4 heterocycles. The van der Waals surface area contributed by atoms with E-state index in [1.807, 2.05) is 27.7 Å². The van der Waals surface area contributed by atoms with E-state index in [1.165, 1.54) is 69.5 Å². The van der Waals surface area contributed by atoms with Crippen LogP contribution in [0.25, 0.3) is 0 Å². The third kappa shape index (κ3) is 20.0. The number of nitrogens with one attached hydrogen (secondary N) is 3. The largest absolute Gasteiger partial charge is 0.397 e. The molecule has 0 aromatic rings. The summed E-state index contributed by atoms with van der Waals surface area (Å²) in [5.41, 5.74) is -1.60. The summed E-state index contributed by atoms with van der Waals surface area (Å²) in [6, 6.07) is -9.58. The maximum Gasteiger partial charge on any atom is 0.397 e. The van der Waals surface area contributed by atoms with Gasteiger partial charge in [0.1, 0.15) is 60.1 Å². The molecule has 0 aromatic heterocycles. The summed E-state index contributed by atoms with van der Waals surface area (Å²) in [5, 5.41) is 9.13. The van der Waals surface area contributed by atoms with Gasteiger partial charge in [-0.3, -0.25) is 52.7 Å². The molecular formula is C76H118F8N12O12. The molecule has 108 heavy (non-hydrogen) atoms. The Labute approximate surface area is 630 Å². The zero-order valence-corrected chi connectivity index (χ0v) is 64.8. The number of alkyl halides is 8. The van der Waals surface area contributed by atoms with Gasteiger partial charge in [0.15, 0.2) is 0 Å². The predicted molar refractivity (Wildman–Crippen MR) is 381 cm³/mol. The van der Waals surface area contributed by atoms with E-state index in [0.29, 0.717) is 57.8 Å². The molecule has 9 aliphatic rings. The first-order valence-electron chi connectivity index (χ1n) is 39.7. The van der Waals surface area contributed by atoms with Gasteiger partial charge in [0.05, 0.1) is 44.7 Å². The highest BCUT2D eigenvalue weighted by Crippen LogP contribution is 2.51. The SMILES string of the molecule is CC[C@H](C)[C@@H]1NC[C@H](CC(C)C)N(C)C(=O)C[C@@H](C(=O)N2CCOCC2)N(C)C(=O)[C@H](C2CCCC2)N(C)C(=O)C2(CCC2)NC(=O)[C@@H]2[C@H]3C[C@H]3CN2C(=O)[C@H](CCC2CC(F)C(C(F)(F)F)C(F)C2)NC(=O)CN(C)C(=O)[C@H](CC2CCC(C(F)(F)F)CC2)N2CCCCC[C@@H](C2=O)N(C)C(=O)CN(C)C1=O. The molecule has 1 spiro atoms. The van der Waals surface area contributed by atoms with Crippen molar-refractivity contribution in [3.63, 3.8) is 0 Å². The Hall–Kier alpha value is -6.47. The summed E-state index contributed by atoms with van der Waals surface area (Å²) < 4.78 is 121. The molecule has 2 unspecified atom stereocenters. The summed E-state index contributed by atoms with van der Waals surface area (Å²) in [7, 11) is 8.67. The van der Waals surface area contributed by atoms with E-state index in [9.17, 15) is 40.7 Å². The van der Waals surface area contributed by atoms with Gasteiger partial charge in [0.2, 0.25) is 65.0 Å². The second kappa shape index (κ2) is 36.3. The molecule has 610 valence electrons. The summed E-state index contributed by atoms with van der Waals surface area (Å²) in [5.74, 6) is -14.8. The standard InChI is InChI=1S/C76H118F8N12O12/c1-11-45(4)63-71(105)89(6)43-61(99)91(8)56-20-13-12-16-29-95(70(56)104)58(37-46-21-24-50(25-22-46)75(79,80)81)68(102)88(5)42-59(97)86-55(26-23-47-35-53(77)62(54(78)36-47)76(82,83)84)67(101)96-41-49-38-52(49)65(96)66(100)87-74(27-17-28-74)73(107)93(10)64(48-18-14-15-19-48)72(106)92(9)57(69(103)94-30-32-108-33-31-94)39-60(98)90(7)51(40-85-63)34-44(2)3/h44-58,62-65,85H,11-43H2,1-10H3,(H,86,97)(H,87,100)/t45-,46?,47?,49-,50?,51-,52-,53?,54?,55-,56-,57-,58-,62?,63-,64-,65-/m0/s1. The van der Waals surface area contributed by atoms with Crippen molar-refractivity contribution in [3.05, 3.63) is 0 Å². The Morgan fingerprint density at radius 2 is 1.24 bits per heavy atom. The first kappa shape index (κ1) is 85.5. The number of nitrogens with zero attached hydrogens (tertiary/aromatic N) is 9. The summed E-state index contributed by atoms with van der Waals surface area (Å²) >= 11 is 0. The van der Waals surface area contributed by atoms with E-state index in [1.54, 1.807) is 11.9 Å². The predicted octanol–water partition coefficient (Wildman–Crippen LogP) is 6.66. The maximum atomic E-state index is 15.7. The number of rotatable bonds is 11. The van der Waals surface area contributed by atoms with Crippen LogP contribution in [0.2, 0.25) is 0 Å². The lowest BCUT2D eigenvalue weighted by Gasteiger charge is -2.47. The molecule has 0 radical (unpaired) electrons. The van der Waals surface area contributed by atoms with E-state index in [0.717, 1.165) is 17.7 Å². The zero-order valence-electron chi connectivity index (χ0n) is 64.8. The third-order valence-electron chi connectivity index (χ3n) is 25.7. The molecule has 3 N–H and O–H groups in total. The van der Waals surface area contributed by atoms with E-state index in [2.05, 4.69) is 16.0 Å². The van der Waals surface area contributed by atoms with E-state index in [4.69, 9.17) is 4.74 Å². The van der Waals surface area contributed by atoms with E-state index in [-0.39, 0.29) is 121 Å². The number of hydrogen-bond acceptors (Lipinski definition) is 13. The number of ether oxygens (including phenoxy) is 1. The normalized spacial score (nSPS) is 33.8. The molecule has 32 heteroatoms. The van der Waals surface area contributed by atoms with Crippen LogP contribution in [-0.4, -0.2) is 289 Å². The van der Waals surface area contributed by atoms with Crippen molar-refractivity contribution >= 4 is 65.0 Å². The lowest BCUT2D eigenvalue weighted by atomic mass is 9.74. The first-order chi connectivity index (χ1) is 50.9. The van der Waals surface area contributed by atoms with Gasteiger partial charge in [0, 0.05) is 81.1 Å². The van der Waals surface area contributed by atoms with Crippen molar-refractivity contribution in [2.45, 2.75) is 260 Å².